The molecule has 2 aliphatic heterocycles. The maximum Gasteiger partial charge on any atom is 0.258 e. The Labute approximate surface area is 182 Å². The van der Waals surface area contributed by atoms with Crippen LogP contribution < -0.4 is 4.90 Å². The highest BCUT2D eigenvalue weighted by Crippen LogP contribution is 2.31. The topological polar surface area (TPSA) is 66.9 Å². The molecule has 2 aromatic rings. The molecule has 1 amide bonds. The van der Waals surface area contributed by atoms with E-state index in [1.54, 1.807) is 11.0 Å². The Balaban J connectivity index is 1.68. The van der Waals surface area contributed by atoms with Gasteiger partial charge in [0.05, 0.1) is 17.2 Å². The van der Waals surface area contributed by atoms with Crippen LogP contribution in [0, 0.1) is 0 Å². The Morgan fingerprint density at radius 1 is 1.10 bits per heavy atom. The highest BCUT2D eigenvalue weighted by molar-refractivity contribution is 7.89. The largest absolute Gasteiger partial charge is 0.373 e. The maximum atomic E-state index is 13.3. The number of hydrogen-bond acceptors (Lipinski definition) is 4. The molecule has 0 bridgehead atoms. The average Bonchev–Trinajstić information content (AvgIpc) is 2.72. The minimum atomic E-state index is -3.86. The lowest BCUT2D eigenvalue weighted by Gasteiger charge is -2.34. The molecule has 1 fully saturated rings. The van der Waals surface area contributed by atoms with Crippen LogP contribution >= 0.6 is 11.6 Å². The minimum Gasteiger partial charge on any atom is -0.373 e. The number of aryl methyl sites for hydroxylation is 1. The van der Waals surface area contributed by atoms with Gasteiger partial charge in [-0.05, 0) is 56.5 Å². The second-order valence-corrected chi connectivity index (χ2v) is 10.2. The fourth-order valence-corrected chi connectivity index (χ4v) is 6.29. The Kier molecular flexibility index (Phi) is 5.90. The molecule has 0 saturated carbocycles. The van der Waals surface area contributed by atoms with Crippen molar-refractivity contribution in [2.45, 2.75) is 43.8 Å². The number of rotatable bonds is 3. The number of carbonyl (C=O) groups excluding carboxylic acids is 1. The lowest BCUT2D eigenvalue weighted by molar-refractivity contribution is -0.0440. The number of benzene rings is 2. The molecule has 2 unspecified atom stereocenters. The SMILES string of the molecule is CC1CN(S(=O)(=O)c2cc(C(=O)N3CCCc4ccccc43)ccc2Cl)CC(C)O1. The predicted molar refractivity (Wildman–Crippen MR) is 117 cm³/mol. The maximum absolute atomic E-state index is 13.3. The zero-order chi connectivity index (χ0) is 21.5. The molecular formula is C22H25ClN2O4S. The van der Waals surface area contributed by atoms with Gasteiger partial charge in [-0.25, -0.2) is 8.42 Å². The van der Waals surface area contributed by atoms with E-state index in [0.717, 1.165) is 24.1 Å². The molecule has 0 N–H and O–H groups in total. The van der Waals surface area contributed by atoms with Crippen molar-refractivity contribution in [2.24, 2.45) is 0 Å². The molecule has 4 rings (SSSR count). The molecule has 0 radical (unpaired) electrons. The number of anilines is 1. The van der Waals surface area contributed by atoms with Crippen molar-refractivity contribution in [2.75, 3.05) is 24.5 Å². The fourth-order valence-electron chi connectivity index (χ4n) is 4.20. The number of nitrogens with zero attached hydrogens (tertiary/aromatic N) is 2. The van der Waals surface area contributed by atoms with Crippen LogP contribution in [0.1, 0.15) is 36.2 Å². The van der Waals surface area contributed by atoms with Crippen molar-refractivity contribution in [3.63, 3.8) is 0 Å². The molecule has 8 heteroatoms. The molecule has 160 valence electrons. The second kappa shape index (κ2) is 8.30. The van der Waals surface area contributed by atoms with Gasteiger partial charge in [-0.1, -0.05) is 29.8 Å². The molecule has 0 spiro atoms. The van der Waals surface area contributed by atoms with Crippen LogP contribution in [0.4, 0.5) is 5.69 Å². The van der Waals surface area contributed by atoms with Crippen molar-refractivity contribution in [3.05, 3.63) is 58.6 Å². The quantitative estimate of drug-likeness (QED) is 0.717. The predicted octanol–water partition coefficient (Wildman–Crippen LogP) is 3.73. The van der Waals surface area contributed by atoms with E-state index in [1.807, 2.05) is 38.1 Å². The molecule has 30 heavy (non-hydrogen) atoms. The minimum absolute atomic E-state index is 0.0402. The van der Waals surface area contributed by atoms with Crippen LogP contribution in [-0.4, -0.2) is 50.5 Å². The number of hydrogen-bond donors (Lipinski definition) is 0. The van der Waals surface area contributed by atoms with Crippen LogP contribution in [-0.2, 0) is 21.2 Å². The Morgan fingerprint density at radius 3 is 2.53 bits per heavy atom. The lowest BCUT2D eigenvalue weighted by Crippen LogP contribution is -2.48. The first-order chi connectivity index (χ1) is 14.3. The summed E-state index contributed by atoms with van der Waals surface area (Å²) in [6.45, 7) is 4.78. The third-order valence-electron chi connectivity index (χ3n) is 5.54. The van der Waals surface area contributed by atoms with Gasteiger partial charge in [0, 0.05) is 30.9 Å². The first kappa shape index (κ1) is 21.3. The lowest BCUT2D eigenvalue weighted by atomic mass is 10.0. The van der Waals surface area contributed by atoms with Crippen LogP contribution in [0.5, 0.6) is 0 Å². The molecule has 2 aromatic carbocycles. The van der Waals surface area contributed by atoms with Gasteiger partial charge in [-0.15, -0.1) is 0 Å². The second-order valence-electron chi connectivity index (χ2n) is 7.91. The average molecular weight is 449 g/mol. The number of sulfonamides is 1. The molecule has 2 heterocycles. The molecular weight excluding hydrogens is 424 g/mol. The van der Waals surface area contributed by atoms with Crippen molar-refractivity contribution >= 4 is 33.2 Å². The highest BCUT2D eigenvalue weighted by Gasteiger charge is 2.34. The number of para-hydroxylation sites is 1. The van der Waals surface area contributed by atoms with E-state index in [2.05, 4.69) is 0 Å². The summed E-state index contributed by atoms with van der Waals surface area (Å²) in [7, 11) is -3.86. The van der Waals surface area contributed by atoms with E-state index >= 15 is 0 Å². The summed E-state index contributed by atoms with van der Waals surface area (Å²) in [5, 5.41) is 0.109. The van der Waals surface area contributed by atoms with E-state index in [0.29, 0.717) is 12.1 Å². The van der Waals surface area contributed by atoms with Crippen LogP contribution in [0.2, 0.25) is 5.02 Å². The Morgan fingerprint density at radius 2 is 1.80 bits per heavy atom. The highest BCUT2D eigenvalue weighted by atomic mass is 35.5. The van der Waals surface area contributed by atoms with E-state index in [9.17, 15) is 13.2 Å². The Bertz CT molecular complexity index is 1060. The summed E-state index contributed by atoms with van der Waals surface area (Å²) in [6.07, 6.45) is 1.37. The first-order valence-corrected chi connectivity index (χ1v) is 11.9. The van der Waals surface area contributed by atoms with Crippen LogP contribution in [0.15, 0.2) is 47.4 Å². The van der Waals surface area contributed by atoms with Gasteiger partial charge < -0.3 is 9.64 Å². The fraction of sp³-hybridized carbons (Fsp3) is 0.409. The van der Waals surface area contributed by atoms with Crippen LogP contribution in [0.25, 0.3) is 0 Å². The summed E-state index contributed by atoms with van der Waals surface area (Å²) in [5.41, 5.74) is 2.31. The summed E-state index contributed by atoms with van der Waals surface area (Å²) in [4.78, 5) is 15.0. The zero-order valence-electron chi connectivity index (χ0n) is 17.0. The number of ether oxygens (including phenoxy) is 1. The number of amides is 1. The van der Waals surface area contributed by atoms with Crippen molar-refractivity contribution in [1.29, 1.82) is 0 Å². The molecule has 1 saturated heterocycles. The van der Waals surface area contributed by atoms with Gasteiger partial charge in [-0.2, -0.15) is 4.31 Å². The smallest absolute Gasteiger partial charge is 0.258 e. The van der Waals surface area contributed by atoms with Gasteiger partial charge in [0.1, 0.15) is 4.90 Å². The molecule has 6 nitrogen and oxygen atoms in total. The molecule has 0 aromatic heterocycles. The van der Waals surface area contributed by atoms with Gasteiger partial charge >= 0.3 is 0 Å². The van der Waals surface area contributed by atoms with E-state index in [-0.39, 0.29) is 41.1 Å². The summed E-state index contributed by atoms with van der Waals surface area (Å²) in [5.74, 6) is -0.223. The molecule has 2 aliphatic rings. The summed E-state index contributed by atoms with van der Waals surface area (Å²) < 4.78 is 33.7. The third-order valence-corrected chi connectivity index (χ3v) is 7.85. The molecule has 0 aliphatic carbocycles. The van der Waals surface area contributed by atoms with Gasteiger partial charge in [0.15, 0.2) is 0 Å². The van der Waals surface area contributed by atoms with Gasteiger partial charge in [0.25, 0.3) is 5.91 Å². The number of fused-ring (bicyclic) bond motifs is 1. The monoisotopic (exact) mass is 448 g/mol. The third kappa shape index (κ3) is 3.99. The van der Waals surface area contributed by atoms with Crippen molar-refractivity contribution in [1.82, 2.24) is 4.31 Å². The Hall–Kier alpha value is -1.93. The summed E-state index contributed by atoms with van der Waals surface area (Å²) >= 11 is 6.28. The van der Waals surface area contributed by atoms with Gasteiger partial charge in [-0.3, -0.25) is 4.79 Å². The summed E-state index contributed by atoms with van der Waals surface area (Å²) in [6, 6.07) is 12.3. The standard InChI is InChI=1S/C22H25ClN2O4S/c1-15-13-24(14-16(2)29-15)30(27,28)21-12-18(9-10-19(21)23)22(26)25-11-5-7-17-6-3-4-8-20(17)25/h3-4,6,8-10,12,15-16H,5,7,11,13-14H2,1-2H3. The first-order valence-electron chi connectivity index (χ1n) is 10.1. The van der Waals surface area contributed by atoms with Crippen molar-refractivity contribution in [3.8, 4) is 0 Å². The van der Waals surface area contributed by atoms with Gasteiger partial charge in [0.2, 0.25) is 10.0 Å². The van der Waals surface area contributed by atoms with E-state index < -0.39 is 10.0 Å². The van der Waals surface area contributed by atoms with E-state index in [1.165, 1.54) is 16.4 Å². The van der Waals surface area contributed by atoms with Crippen molar-refractivity contribution < 1.29 is 17.9 Å². The molecule has 2 atom stereocenters. The van der Waals surface area contributed by atoms with Crippen LogP contribution in [0.3, 0.4) is 0 Å². The van der Waals surface area contributed by atoms with E-state index in [4.69, 9.17) is 16.3 Å². The zero-order valence-corrected chi connectivity index (χ0v) is 18.6. The number of carbonyl (C=O) groups is 1. The number of morpholine rings is 1. The normalized spacial score (nSPS) is 22.6. The number of halogens is 1.